The standard InChI is InChI=1S/C9H11ClN2O2/c1-12(5-6-13)9(14)7-3-2-4-8(10)11-7/h2-4,13H,5-6H2,1H3. The van der Waals surface area contributed by atoms with Gasteiger partial charge in [-0.15, -0.1) is 0 Å². The number of pyridine rings is 1. The first kappa shape index (κ1) is 10.9. The summed E-state index contributed by atoms with van der Waals surface area (Å²) in [6.45, 7) is 0.218. The van der Waals surface area contributed by atoms with Crippen molar-refractivity contribution in [3.05, 3.63) is 29.0 Å². The van der Waals surface area contributed by atoms with Gasteiger partial charge >= 0.3 is 0 Å². The predicted molar refractivity (Wildman–Crippen MR) is 53.3 cm³/mol. The molecule has 1 amide bonds. The van der Waals surface area contributed by atoms with Crippen molar-refractivity contribution in [3.63, 3.8) is 0 Å². The number of rotatable bonds is 3. The van der Waals surface area contributed by atoms with E-state index in [1.54, 1.807) is 25.2 Å². The number of aliphatic hydroxyl groups is 1. The Kier molecular flexibility index (Phi) is 3.85. The van der Waals surface area contributed by atoms with Crippen LogP contribution < -0.4 is 0 Å². The maximum Gasteiger partial charge on any atom is 0.272 e. The molecule has 0 aliphatic heterocycles. The molecule has 0 atom stereocenters. The minimum atomic E-state index is -0.249. The van der Waals surface area contributed by atoms with E-state index in [-0.39, 0.29) is 29.9 Å². The van der Waals surface area contributed by atoms with Crippen LogP contribution in [0.15, 0.2) is 18.2 Å². The second-order valence-electron chi connectivity index (χ2n) is 2.80. The van der Waals surface area contributed by atoms with Crippen LogP contribution in [-0.2, 0) is 0 Å². The second kappa shape index (κ2) is 4.93. The molecule has 0 aliphatic carbocycles. The second-order valence-corrected chi connectivity index (χ2v) is 3.18. The fraction of sp³-hybridized carbons (Fsp3) is 0.333. The van der Waals surface area contributed by atoms with Crippen molar-refractivity contribution in [1.29, 1.82) is 0 Å². The van der Waals surface area contributed by atoms with E-state index in [2.05, 4.69) is 4.98 Å². The third-order valence-electron chi connectivity index (χ3n) is 1.72. The first-order valence-corrected chi connectivity index (χ1v) is 4.52. The lowest BCUT2D eigenvalue weighted by Crippen LogP contribution is -2.30. The molecule has 1 heterocycles. The van der Waals surface area contributed by atoms with Gasteiger partial charge in [0, 0.05) is 13.6 Å². The molecule has 14 heavy (non-hydrogen) atoms. The third-order valence-corrected chi connectivity index (χ3v) is 1.93. The molecule has 1 rings (SSSR count). The summed E-state index contributed by atoms with van der Waals surface area (Å²) in [6, 6.07) is 4.85. The van der Waals surface area contributed by atoms with Crippen molar-refractivity contribution in [1.82, 2.24) is 9.88 Å². The van der Waals surface area contributed by atoms with Crippen LogP contribution in [0.4, 0.5) is 0 Å². The summed E-state index contributed by atoms with van der Waals surface area (Å²) in [6.07, 6.45) is 0. The minimum absolute atomic E-state index is 0.0667. The van der Waals surface area contributed by atoms with Crippen LogP contribution >= 0.6 is 11.6 Å². The smallest absolute Gasteiger partial charge is 0.272 e. The number of halogens is 1. The summed E-state index contributed by atoms with van der Waals surface area (Å²) in [7, 11) is 1.60. The van der Waals surface area contributed by atoms with Gasteiger partial charge < -0.3 is 10.0 Å². The Morgan fingerprint density at radius 1 is 1.64 bits per heavy atom. The Labute approximate surface area is 87.1 Å². The van der Waals surface area contributed by atoms with Crippen molar-refractivity contribution < 1.29 is 9.90 Å². The molecule has 0 saturated heterocycles. The lowest BCUT2D eigenvalue weighted by Gasteiger charge is -2.14. The molecule has 1 aromatic rings. The number of aromatic nitrogens is 1. The molecular formula is C9H11ClN2O2. The number of amides is 1. The molecule has 0 saturated carbocycles. The van der Waals surface area contributed by atoms with Gasteiger partial charge in [-0.25, -0.2) is 4.98 Å². The maximum absolute atomic E-state index is 11.6. The van der Waals surface area contributed by atoms with Gasteiger partial charge in [-0.1, -0.05) is 17.7 Å². The molecule has 0 aliphatic rings. The summed E-state index contributed by atoms with van der Waals surface area (Å²) in [5.41, 5.74) is 0.286. The normalized spacial score (nSPS) is 9.93. The van der Waals surface area contributed by atoms with Gasteiger partial charge in [0.1, 0.15) is 10.8 Å². The lowest BCUT2D eigenvalue weighted by atomic mass is 10.3. The van der Waals surface area contributed by atoms with Crippen LogP contribution in [0.2, 0.25) is 5.15 Å². The van der Waals surface area contributed by atoms with Crippen molar-refractivity contribution >= 4 is 17.5 Å². The van der Waals surface area contributed by atoms with Crippen LogP contribution in [0.5, 0.6) is 0 Å². The Morgan fingerprint density at radius 2 is 2.36 bits per heavy atom. The van der Waals surface area contributed by atoms with Gasteiger partial charge in [0.25, 0.3) is 5.91 Å². The zero-order valence-corrected chi connectivity index (χ0v) is 8.53. The SMILES string of the molecule is CN(CCO)C(=O)c1cccc(Cl)n1. The molecule has 1 N–H and O–H groups in total. The van der Waals surface area contributed by atoms with Gasteiger partial charge in [-0.2, -0.15) is 0 Å². The molecule has 0 fully saturated rings. The van der Waals surface area contributed by atoms with E-state index in [4.69, 9.17) is 16.7 Å². The van der Waals surface area contributed by atoms with Gasteiger partial charge in [-0.05, 0) is 12.1 Å². The van der Waals surface area contributed by atoms with Crippen molar-refractivity contribution in [2.75, 3.05) is 20.2 Å². The van der Waals surface area contributed by atoms with Crippen molar-refractivity contribution in [3.8, 4) is 0 Å². The van der Waals surface area contributed by atoms with Crippen LogP contribution in [0, 0.1) is 0 Å². The molecule has 76 valence electrons. The van der Waals surface area contributed by atoms with Gasteiger partial charge in [0.05, 0.1) is 6.61 Å². The maximum atomic E-state index is 11.6. The first-order valence-electron chi connectivity index (χ1n) is 4.14. The first-order chi connectivity index (χ1) is 6.65. The highest BCUT2D eigenvalue weighted by Crippen LogP contribution is 2.06. The summed E-state index contributed by atoms with van der Waals surface area (Å²) in [5.74, 6) is -0.249. The van der Waals surface area contributed by atoms with E-state index >= 15 is 0 Å². The number of hydrogen-bond donors (Lipinski definition) is 1. The highest BCUT2D eigenvalue weighted by molar-refractivity contribution is 6.29. The zero-order chi connectivity index (χ0) is 10.6. The summed E-state index contributed by atoms with van der Waals surface area (Å²) < 4.78 is 0. The van der Waals surface area contributed by atoms with Crippen molar-refractivity contribution in [2.45, 2.75) is 0 Å². The third kappa shape index (κ3) is 2.68. The van der Waals surface area contributed by atoms with E-state index in [0.29, 0.717) is 0 Å². The molecule has 1 aromatic heterocycles. The minimum Gasteiger partial charge on any atom is -0.395 e. The highest BCUT2D eigenvalue weighted by atomic mass is 35.5. The van der Waals surface area contributed by atoms with Gasteiger partial charge in [0.15, 0.2) is 0 Å². The number of hydrogen-bond acceptors (Lipinski definition) is 3. The molecular weight excluding hydrogens is 204 g/mol. The average molecular weight is 215 g/mol. The Morgan fingerprint density at radius 3 is 2.93 bits per heavy atom. The van der Waals surface area contributed by atoms with E-state index < -0.39 is 0 Å². The molecule has 0 spiro atoms. The van der Waals surface area contributed by atoms with Gasteiger partial charge in [0.2, 0.25) is 0 Å². The topological polar surface area (TPSA) is 53.4 Å². The average Bonchev–Trinajstić information content (AvgIpc) is 2.17. The summed E-state index contributed by atoms with van der Waals surface area (Å²) in [5, 5.41) is 8.93. The molecule has 0 bridgehead atoms. The van der Waals surface area contributed by atoms with E-state index in [0.717, 1.165) is 0 Å². The van der Waals surface area contributed by atoms with E-state index in [1.165, 1.54) is 4.90 Å². The highest BCUT2D eigenvalue weighted by Gasteiger charge is 2.12. The van der Waals surface area contributed by atoms with Crippen LogP contribution in [0.3, 0.4) is 0 Å². The summed E-state index contributed by atoms with van der Waals surface area (Å²) >= 11 is 5.64. The fourth-order valence-corrected chi connectivity index (χ4v) is 1.14. The Balaban J connectivity index is 2.78. The molecule has 5 heteroatoms. The number of likely N-dealkylation sites (N-methyl/N-ethyl adjacent to an activating group) is 1. The van der Waals surface area contributed by atoms with Crippen LogP contribution in [0.25, 0.3) is 0 Å². The van der Waals surface area contributed by atoms with E-state index in [9.17, 15) is 4.79 Å². The molecule has 0 unspecified atom stereocenters. The van der Waals surface area contributed by atoms with Crippen LogP contribution in [-0.4, -0.2) is 41.1 Å². The number of carbonyl (C=O) groups excluding carboxylic acids is 1. The summed E-state index contributed by atoms with van der Waals surface area (Å²) in [4.78, 5) is 16.8. The lowest BCUT2D eigenvalue weighted by molar-refractivity contribution is 0.0761. The van der Waals surface area contributed by atoms with Gasteiger partial charge in [-0.3, -0.25) is 4.79 Å². The Bertz CT molecular complexity index is 330. The van der Waals surface area contributed by atoms with Crippen LogP contribution in [0.1, 0.15) is 10.5 Å². The number of nitrogens with zero attached hydrogens (tertiary/aromatic N) is 2. The van der Waals surface area contributed by atoms with E-state index in [1.807, 2.05) is 0 Å². The largest absolute Gasteiger partial charge is 0.395 e. The molecule has 0 radical (unpaired) electrons. The zero-order valence-electron chi connectivity index (χ0n) is 7.77. The molecule has 0 aromatic carbocycles. The number of carbonyl (C=O) groups is 1. The fourth-order valence-electron chi connectivity index (χ4n) is 0.974. The monoisotopic (exact) mass is 214 g/mol. The van der Waals surface area contributed by atoms with Crippen molar-refractivity contribution in [2.24, 2.45) is 0 Å². The number of aliphatic hydroxyl groups excluding tert-OH is 1. The predicted octanol–water partition coefficient (Wildman–Crippen LogP) is 0.799. The molecule has 4 nitrogen and oxygen atoms in total. The quantitative estimate of drug-likeness (QED) is 0.758. The Hall–Kier alpha value is -1.13.